The van der Waals surface area contributed by atoms with Crippen molar-refractivity contribution < 1.29 is 26.7 Å². The van der Waals surface area contributed by atoms with E-state index in [-0.39, 0.29) is 18.5 Å². The molecule has 1 aliphatic heterocycles. The molecule has 2 heterocycles. The number of hydrogen-bond donors (Lipinski definition) is 1. The summed E-state index contributed by atoms with van der Waals surface area (Å²) in [5.74, 6) is -0.130. The highest BCUT2D eigenvalue weighted by Gasteiger charge is 2.36. The third kappa shape index (κ3) is 3.43. The first-order valence-electron chi connectivity index (χ1n) is 6.17. The lowest BCUT2D eigenvalue weighted by Crippen LogP contribution is -2.33. The van der Waals surface area contributed by atoms with E-state index in [1.165, 1.54) is 4.90 Å². The molecule has 1 saturated heterocycles. The maximum atomic E-state index is 12.8. The molecular weight excluding hydrogens is 311 g/mol. The standard InChI is InChI=1S/C11H14F3N3O3S/c1-21(19,20)10-15-8(11(12,13)14)5-9(16-10)17-4-2-3-7(17)6-18/h5,7,18H,2-4,6H2,1H3/t7-/m1/s1. The molecular formula is C11H14F3N3O3S. The molecule has 1 atom stereocenters. The molecule has 1 N–H and O–H groups in total. The third-order valence-corrected chi connectivity index (χ3v) is 4.04. The Labute approximate surface area is 119 Å². The number of aliphatic hydroxyl groups is 1. The van der Waals surface area contributed by atoms with Crippen LogP contribution in [0.5, 0.6) is 0 Å². The van der Waals surface area contributed by atoms with Gasteiger partial charge >= 0.3 is 6.18 Å². The van der Waals surface area contributed by atoms with Gasteiger partial charge in [0.15, 0.2) is 5.69 Å². The summed E-state index contributed by atoms with van der Waals surface area (Å²) < 4.78 is 61.5. The van der Waals surface area contributed by atoms with E-state index in [0.29, 0.717) is 25.5 Å². The van der Waals surface area contributed by atoms with Crippen molar-refractivity contribution >= 4 is 15.7 Å². The second kappa shape index (κ2) is 5.41. The molecule has 1 aliphatic rings. The molecule has 10 heteroatoms. The largest absolute Gasteiger partial charge is 0.433 e. The molecule has 0 amide bonds. The van der Waals surface area contributed by atoms with Gasteiger partial charge in [0, 0.05) is 18.9 Å². The quantitative estimate of drug-likeness (QED) is 0.830. The van der Waals surface area contributed by atoms with Gasteiger partial charge < -0.3 is 10.0 Å². The molecule has 6 nitrogen and oxygen atoms in total. The van der Waals surface area contributed by atoms with Crippen LogP contribution in [0.1, 0.15) is 18.5 Å². The Kier molecular flexibility index (Phi) is 4.11. The first kappa shape index (κ1) is 16.0. The summed E-state index contributed by atoms with van der Waals surface area (Å²) in [6.45, 7) is 0.169. The normalized spacial score (nSPS) is 20.0. The van der Waals surface area contributed by atoms with E-state index in [1.54, 1.807) is 0 Å². The van der Waals surface area contributed by atoms with Crippen molar-refractivity contribution in [2.45, 2.75) is 30.2 Å². The Balaban J connectivity index is 2.55. The summed E-state index contributed by atoms with van der Waals surface area (Å²) in [4.78, 5) is 8.28. The van der Waals surface area contributed by atoms with Crippen LogP contribution in [-0.4, -0.2) is 48.9 Å². The highest BCUT2D eigenvalue weighted by atomic mass is 32.2. The Morgan fingerprint density at radius 2 is 2.10 bits per heavy atom. The SMILES string of the molecule is CS(=O)(=O)c1nc(N2CCC[C@@H]2CO)cc(C(F)(F)F)n1. The fraction of sp³-hybridized carbons (Fsp3) is 0.636. The van der Waals surface area contributed by atoms with Crippen molar-refractivity contribution in [1.82, 2.24) is 9.97 Å². The van der Waals surface area contributed by atoms with Crippen LogP contribution in [-0.2, 0) is 16.0 Å². The molecule has 0 unspecified atom stereocenters. The van der Waals surface area contributed by atoms with Crippen molar-refractivity contribution in [2.24, 2.45) is 0 Å². The predicted octanol–water partition coefficient (Wildman–Crippen LogP) is 0.860. The van der Waals surface area contributed by atoms with E-state index in [2.05, 4.69) is 9.97 Å². The van der Waals surface area contributed by atoms with Crippen molar-refractivity contribution in [1.29, 1.82) is 0 Å². The smallest absolute Gasteiger partial charge is 0.394 e. The number of nitrogens with zero attached hydrogens (tertiary/aromatic N) is 3. The number of aromatic nitrogens is 2. The Bertz CT molecular complexity index is 633. The van der Waals surface area contributed by atoms with Gasteiger partial charge in [0.05, 0.1) is 12.6 Å². The molecule has 21 heavy (non-hydrogen) atoms. The lowest BCUT2D eigenvalue weighted by atomic mass is 10.2. The minimum absolute atomic E-state index is 0.130. The van der Waals surface area contributed by atoms with Crippen LogP contribution in [0.3, 0.4) is 0 Å². The van der Waals surface area contributed by atoms with Crippen molar-refractivity contribution in [3.63, 3.8) is 0 Å². The minimum atomic E-state index is -4.77. The van der Waals surface area contributed by atoms with Gasteiger partial charge in [-0.1, -0.05) is 0 Å². The number of anilines is 1. The van der Waals surface area contributed by atoms with Crippen LogP contribution in [0.2, 0.25) is 0 Å². The molecule has 0 saturated carbocycles. The number of sulfone groups is 1. The fourth-order valence-electron chi connectivity index (χ4n) is 2.20. The number of hydrogen-bond acceptors (Lipinski definition) is 6. The summed E-state index contributed by atoms with van der Waals surface area (Å²) in [6.07, 6.45) is -2.73. The molecule has 1 aromatic heterocycles. The minimum Gasteiger partial charge on any atom is -0.394 e. The molecule has 0 radical (unpaired) electrons. The molecule has 0 aliphatic carbocycles. The Morgan fingerprint density at radius 3 is 2.62 bits per heavy atom. The van der Waals surface area contributed by atoms with Crippen LogP contribution < -0.4 is 4.90 Å². The fourth-order valence-corrected chi connectivity index (χ4v) is 2.72. The molecule has 2 rings (SSSR count). The predicted molar refractivity (Wildman–Crippen MR) is 67.6 cm³/mol. The lowest BCUT2D eigenvalue weighted by molar-refractivity contribution is -0.141. The highest BCUT2D eigenvalue weighted by Crippen LogP contribution is 2.32. The van der Waals surface area contributed by atoms with Crippen LogP contribution in [0, 0.1) is 0 Å². The summed E-state index contributed by atoms with van der Waals surface area (Å²) in [7, 11) is -3.97. The molecule has 118 valence electrons. The van der Waals surface area contributed by atoms with E-state index < -0.39 is 26.9 Å². The summed E-state index contributed by atoms with van der Waals surface area (Å²) >= 11 is 0. The zero-order chi connectivity index (χ0) is 15.8. The third-order valence-electron chi connectivity index (χ3n) is 3.20. The molecule has 1 fully saturated rings. The summed E-state index contributed by atoms with van der Waals surface area (Å²) in [6, 6.07) is 0.344. The zero-order valence-electron chi connectivity index (χ0n) is 11.1. The van der Waals surface area contributed by atoms with Crippen molar-refractivity contribution in [3.8, 4) is 0 Å². The van der Waals surface area contributed by atoms with Crippen LogP contribution >= 0.6 is 0 Å². The molecule has 0 aromatic carbocycles. The highest BCUT2D eigenvalue weighted by molar-refractivity contribution is 7.90. The first-order valence-corrected chi connectivity index (χ1v) is 8.06. The maximum absolute atomic E-state index is 12.8. The van der Waals surface area contributed by atoms with Gasteiger partial charge in [0.1, 0.15) is 5.82 Å². The monoisotopic (exact) mass is 325 g/mol. The topological polar surface area (TPSA) is 83.4 Å². The van der Waals surface area contributed by atoms with Gasteiger partial charge in [-0.15, -0.1) is 0 Å². The van der Waals surface area contributed by atoms with E-state index >= 15 is 0 Å². The van der Waals surface area contributed by atoms with E-state index in [9.17, 15) is 26.7 Å². The number of aliphatic hydroxyl groups excluding tert-OH is 1. The van der Waals surface area contributed by atoms with Gasteiger partial charge in [-0.2, -0.15) is 13.2 Å². The average molecular weight is 325 g/mol. The molecule has 0 spiro atoms. The Hall–Kier alpha value is -1.42. The number of alkyl halides is 3. The van der Waals surface area contributed by atoms with E-state index in [1.807, 2.05) is 0 Å². The molecule has 1 aromatic rings. The van der Waals surface area contributed by atoms with Gasteiger partial charge in [0.25, 0.3) is 0 Å². The van der Waals surface area contributed by atoms with E-state index in [4.69, 9.17) is 0 Å². The molecule has 0 bridgehead atoms. The van der Waals surface area contributed by atoms with Gasteiger partial charge in [0.2, 0.25) is 15.0 Å². The van der Waals surface area contributed by atoms with Gasteiger partial charge in [-0.25, -0.2) is 18.4 Å². The van der Waals surface area contributed by atoms with Crippen LogP contribution in [0.4, 0.5) is 19.0 Å². The van der Waals surface area contributed by atoms with Crippen LogP contribution in [0.15, 0.2) is 11.2 Å². The van der Waals surface area contributed by atoms with Crippen molar-refractivity contribution in [3.05, 3.63) is 11.8 Å². The van der Waals surface area contributed by atoms with Crippen molar-refractivity contribution in [2.75, 3.05) is 24.3 Å². The van der Waals surface area contributed by atoms with Gasteiger partial charge in [-0.3, -0.25) is 0 Å². The second-order valence-electron chi connectivity index (χ2n) is 4.84. The second-order valence-corrected chi connectivity index (χ2v) is 6.75. The number of rotatable bonds is 3. The van der Waals surface area contributed by atoms with E-state index in [0.717, 1.165) is 6.26 Å². The zero-order valence-corrected chi connectivity index (χ0v) is 11.9. The Morgan fingerprint density at radius 1 is 1.43 bits per heavy atom. The lowest BCUT2D eigenvalue weighted by Gasteiger charge is -2.24. The maximum Gasteiger partial charge on any atom is 0.433 e. The van der Waals surface area contributed by atoms with Gasteiger partial charge in [-0.05, 0) is 12.8 Å². The summed E-state index contributed by atoms with van der Waals surface area (Å²) in [5, 5.41) is 8.37. The summed E-state index contributed by atoms with van der Waals surface area (Å²) in [5.41, 5.74) is -1.31. The number of halogens is 3. The average Bonchev–Trinajstić information content (AvgIpc) is 2.84. The van der Waals surface area contributed by atoms with Crippen LogP contribution in [0.25, 0.3) is 0 Å². The first-order chi connectivity index (χ1) is 9.63.